The Morgan fingerprint density at radius 3 is 2.83 bits per heavy atom. The second kappa shape index (κ2) is 5.87. The zero-order chi connectivity index (χ0) is 15.9. The predicted molar refractivity (Wildman–Crippen MR) is 94.1 cm³/mol. The summed E-state index contributed by atoms with van der Waals surface area (Å²) in [4.78, 5) is 19.7. The van der Waals surface area contributed by atoms with Crippen molar-refractivity contribution in [3.8, 4) is 0 Å². The lowest BCUT2D eigenvalue weighted by Gasteiger charge is -2.30. The molecule has 0 aliphatic carbocycles. The molecule has 0 saturated carbocycles. The number of hydrogen-bond acceptors (Lipinski definition) is 3. The molecule has 4 rings (SSSR count). The SMILES string of the molecule is O=C(NCc1nccc2cc(Br)ccc12)C12CCCN1CCC2. The third-order valence-corrected chi connectivity index (χ3v) is 5.78. The molecular weight excluding hydrogens is 354 g/mol. The normalized spacial score (nSPS) is 19.9. The molecule has 0 unspecified atom stereocenters. The molecule has 120 valence electrons. The van der Waals surface area contributed by atoms with E-state index in [1.165, 1.54) is 0 Å². The first kappa shape index (κ1) is 15.1. The maximum atomic E-state index is 12.8. The van der Waals surface area contributed by atoms with Crippen LogP contribution in [0.3, 0.4) is 0 Å². The highest BCUT2D eigenvalue weighted by Crippen LogP contribution is 2.39. The van der Waals surface area contributed by atoms with Crippen LogP contribution in [0.4, 0.5) is 0 Å². The fourth-order valence-corrected chi connectivity index (χ4v) is 4.54. The van der Waals surface area contributed by atoms with Gasteiger partial charge in [-0.3, -0.25) is 14.7 Å². The topological polar surface area (TPSA) is 45.2 Å². The Hall–Kier alpha value is -1.46. The number of aromatic nitrogens is 1. The monoisotopic (exact) mass is 373 g/mol. The van der Waals surface area contributed by atoms with Crippen molar-refractivity contribution in [3.63, 3.8) is 0 Å². The highest BCUT2D eigenvalue weighted by molar-refractivity contribution is 9.10. The molecule has 2 aromatic rings. The van der Waals surface area contributed by atoms with Gasteiger partial charge in [0.2, 0.25) is 5.91 Å². The van der Waals surface area contributed by atoms with E-state index >= 15 is 0 Å². The van der Waals surface area contributed by atoms with Crippen LogP contribution in [-0.4, -0.2) is 34.4 Å². The van der Waals surface area contributed by atoms with Gasteiger partial charge >= 0.3 is 0 Å². The molecule has 3 heterocycles. The van der Waals surface area contributed by atoms with Gasteiger partial charge in [0.1, 0.15) is 5.54 Å². The minimum absolute atomic E-state index is 0.184. The molecule has 1 amide bonds. The molecule has 2 saturated heterocycles. The van der Waals surface area contributed by atoms with Crippen molar-refractivity contribution >= 4 is 32.6 Å². The summed E-state index contributed by atoms with van der Waals surface area (Å²) in [5, 5.41) is 5.39. The van der Waals surface area contributed by atoms with E-state index in [2.05, 4.69) is 43.3 Å². The Morgan fingerprint density at radius 2 is 2.04 bits per heavy atom. The maximum absolute atomic E-state index is 12.8. The van der Waals surface area contributed by atoms with Crippen LogP contribution in [0.1, 0.15) is 31.4 Å². The number of carbonyl (C=O) groups excluding carboxylic acids is 1. The van der Waals surface area contributed by atoms with Gasteiger partial charge in [-0.25, -0.2) is 0 Å². The lowest BCUT2D eigenvalue weighted by atomic mass is 9.93. The molecule has 0 bridgehead atoms. The van der Waals surface area contributed by atoms with E-state index in [0.717, 1.165) is 59.7 Å². The summed E-state index contributed by atoms with van der Waals surface area (Å²) in [5.74, 6) is 0.184. The lowest BCUT2D eigenvalue weighted by molar-refractivity contribution is -0.130. The number of halogens is 1. The minimum Gasteiger partial charge on any atom is -0.349 e. The fourth-order valence-electron chi connectivity index (χ4n) is 4.16. The van der Waals surface area contributed by atoms with Crippen LogP contribution in [0.15, 0.2) is 34.9 Å². The second-order valence-electron chi connectivity index (χ2n) is 6.53. The summed E-state index contributed by atoms with van der Waals surface area (Å²) < 4.78 is 1.05. The van der Waals surface area contributed by atoms with Gasteiger partial charge in [0.05, 0.1) is 12.2 Å². The van der Waals surface area contributed by atoms with E-state index in [4.69, 9.17) is 0 Å². The van der Waals surface area contributed by atoms with Gasteiger partial charge in [0, 0.05) is 16.1 Å². The zero-order valence-electron chi connectivity index (χ0n) is 13.0. The smallest absolute Gasteiger partial charge is 0.240 e. The van der Waals surface area contributed by atoms with Gasteiger partial charge in [-0.05, 0) is 62.4 Å². The first-order valence-corrected chi connectivity index (χ1v) is 9.05. The summed E-state index contributed by atoms with van der Waals surface area (Å²) in [6.07, 6.45) is 6.07. The van der Waals surface area contributed by atoms with Gasteiger partial charge in [0.25, 0.3) is 0 Å². The Morgan fingerprint density at radius 1 is 1.26 bits per heavy atom. The highest BCUT2D eigenvalue weighted by Gasteiger charge is 2.49. The molecule has 1 aromatic heterocycles. The molecule has 2 aliphatic heterocycles. The summed E-state index contributed by atoms with van der Waals surface area (Å²) in [5.41, 5.74) is 0.690. The summed E-state index contributed by atoms with van der Waals surface area (Å²) in [7, 11) is 0. The molecule has 1 aromatic carbocycles. The summed E-state index contributed by atoms with van der Waals surface area (Å²) >= 11 is 3.50. The van der Waals surface area contributed by atoms with Crippen molar-refractivity contribution in [2.24, 2.45) is 0 Å². The van der Waals surface area contributed by atoms with Crippen LogP contribution >= 0.6 is 15.9 Å². The first-order valence-electron chi connectivity index (χ1n) is 8.26. The second-order valence-corrected chi connectivity index (χ2v) is 7.45. The van der Waals surface area contributed by atoms with Crippen LogP contribution in [0.2, 0.25) is 0 Å². The first-order chi connectivity index (χ1) is 11.2. The molecule has 1 N–H and O–H groups in total. The molecular formula is C18H20BrN3O. The number of carbonyl (C=O) groups is 1. The van der Waals surface area contributed by atoms with Crippen molar-refractivity contribution in [1.82, 2.24) is 15.2 Å². The zero-order valence-corrected chi connectivity index (χ0v) is 14.6. The standard InChI is InChI=1S/C18H20BrN3O/c19-14-3-4-15-13(11-14)5-8-20-16(15)12-21-17(23)18-6-1-9-22(18)10-2-7-18/h3-5,8,11H,1-2,6-7,9-10,12H2,(H,21,23). The molecule has 23 heavy (non-hydrogen) atoms. The Labute approximate surface area is 144 Å². The van der Waals surface area contributed by atoms with E-state index in [-0.39, 0.29) is 11.4 Å². The molecule has 0 atom stereocenters. The molecule has 2 aliphatic rings. The molecule has 2 fully saturated rings. The minimum atomic E-state index is -0.242. The van der Waals surface area contributed by atoms with Crippen LogP contribution in [0.5, 0.6) is 0 Å². The largest absolute Gasteiger partial charge is 0.349 e. The van der Waals surface area contributed by atoms with Gasteiger partial charge in [-0.1, -0.05) is 22.0 Å². The third kappa shape index (κ3) is 2.56. The van der Waals surface area contributed by atoms with Crippen LogP contribution < -0.4 is 5.32 Å². The van der Waals surface area contributed by atoms with Crippen LogP contribution in [0.25, 0.3) is 10.8 Å². The van der Waals surface area contributed by atoms with Gasteiger partial charge in [-0.15, -0.1) is 0 Å². The van der Waals surface area contributed by atoms with Crippen molar-refractivity contribution in [2.75, 3.05) is 13.1 Å². The summed E-state index contributed by atoms with van der Waals surface area (Å²) in [6, 6.07) is 8.16. The molecule has 0 spiro atoms. The highest BCUT2D eigenvalue weighted by atomic mass is 79.9. The summed E-state index contributed by atoms with van der Waals surface area (Å²) in [6.45, 7) is 2.62. The number of hydrogen-bond donors (Lipinski definition) is 1. The van der Waals surface area contributed by atoms with Crippen LogP contribution in [0, 0.1) is 0 Å². The maximum Gasteiger partial charge on any atom is 0.240 e. The van der Waals surface area contributed by atoms with Gasteiger partial charge in [-0.2, -0.15) is 0 Å². The van der Waals surface area contributed by atoms with E-state index in [9.17, 15) is 4.79 Å². The molecule has 5 heteroatoms. The van der Waals surface area contributed by atoms with Crippen LogP contribution in [-0.2, 0) is 11.3 Å². The number of benzene rings is 1. The van der Waals surface area contributed by atoms with Crippen molar-refractivity contribution in [1.29, 1.82) is 0 Å². The van der Waals surface area contributed by atoms with E-state index in [1.54, 1.807) is 0 Å². The Balaban J connectivity index is 1.54. The predicted octanol–water partition coefficient (Wildman–Crippen LogP) is 3.24. The third-order valence-electron chi connectivity index (χ3n) is 5.29. The Kier molecular flexibility index (Phi) is 3.85. The number of rotatable bonds is 3. The number of nitrogens with one attached hydrogen (secondary N) is 1. The van der Waals surface area contributed by atoms with Crippen molar-refractivity contribution in [3.05, 3.63) is 40.6 Å². The quantitative estimate of drug-likeness (QED) is 0.897. The van der Waals surface area contributed by atoms with E-state index in [1.807, 2.05) is 18.3 Å². The number of amides is 1. The fraction of sp³-hybridized carbons (Fsp3) is 0.444. The molecule has 0 radical (unpaired) electrons. The van der Waals surface area contributed by atoms with Gasteiger partial charge < -0.3 is 5.32 Å². The molecule has 4 nitrogen and oxygen atoms in total. The Bertz CT molecular complexity index is 751. The van der Waals surface area contributed by atoms with Gasteiger partial charge in [0.15, 0.2) is 0 Å². The van der Waals surface area contributed by atoms with E-state index in [0.29, 0.717) is 6.54 Å². The average molecular weight is 374 g/mol. The van der Waals surface area contributed by atoms with Crippen molar-refractivity contribution < 1.29 is 4.79 Å². The number of fused-ring (bicyclic) bond motifs is 2. The number of pyridine rings is 1. The average Bonchev–Trinajstić information content (AvgIpc) is 3.12. The lowest BCUT2D eigenvalue weighted by Crippen LogP contribution is -2.51. The van der Waals surface area contributed by atoms with E-state index < -0.39 is 0 Å². The van der Waals surface area contributed by atoms with Crippen molar-refractivity contribution in [2.45, 2.75) is 37.8 Å². The number of nitrogens with zero attached hydrogens (tertiary/aromatic N) is 2.